The second kappa shape index (κ2) is 6.49. The summed E-state index contributed by atoms with van der Waals surface area (Å²) in [7, 11) is 0. The Kier molecular flexibility index (Phi) is 4.16. The normalized spacial score (nSPS) is 11.4. The van der Waals surface area contributed by atoms with Gasteiger partial charge in [0.2, 0.25) is 0 Å². The number of anilines is 1. The maximum atomic E-state index is 14.6. The Morgan fingerprint density at radius 2 is 1.96 bits per heavy atom. The van der Waals surface area contributed by atoms with Gasteiger partial charge in [-0.2, -0.15) is 0 Å². The molecule has 1 N–H and O–H groups in total. The monoisotopic (exact) mass is 371 g/mol. The van der Waals surface area contributed by atoms with E-state index in [-0.39, 0.29) is 11.9 Å². The number of hydrogen-bond acceptors (Lipinski definition) is 5. The lowest BCUT2D eigenvalue weighted by molar-refractivity contribution is 0.571. The van der Waals surface area contributed by atoms with Crippen LogP contribution < -0.4 is 5.32 Å². The number of aromatic nitrogens is 2. The summed E-state index contributed by atoms with van der Waals surface area (Å²) in [4.78, 5) is 8.48. The predicted molar refractivity (Wildman–Crippen MR) is 99.2 cm³/mol. The molecule has 26 heavy (non-hydrogen) atoms. The molecule has 4 rings (SSSR count). The second-order valence-electron chi connectivity index (χ2n) is 6.16. The maximum absolute atomic E-state index is 14.6. The molecule has 0 aliphatic carbocycles. The molecule has 0 aliphatic rings. The summed E-state index contributed by atoms with van der Waals surface area (Å²) in [6.07, 6.45) is 1.27. The third-order valence-corrected chi connectivity index (χ3v) is 4.72. The highest BCUT2D eigenvalue weighted by molar-refractivity contribution is 7.22. The van der Waals surface area contributed by atoms with Crippen LogP contribution >= 0.6 is 11.3 Å². The Labute approximate surface area is 152 Å². The zero-order valence-electron chi connectivity index (χ0n) is 14.1. The molecule has 0 aliphatic heterocycles. The van der Waals surface area contributed by atoms with Crippen molar-refractivity contribution in [2.24, 2.45) is 0 Å². The van der Waals surface area contributed by atoms with Crippen LogP contribution in [0.4, 0.5) is 13.9 Å². The molecule has 0 fully saturated rings. The molecule has 0 spiro atoms. The molecule has 0 amide bonds. The summed E-state index contributed by atoms with van der Waals surface area (Å²) < 4.78 is 34.3. The van der Waals surface area contributed by atoms with E-state index in [0.29, 0.717) is 37.9 Å². The van der Waals surface area contributed by atoms with Crippen LogP contribution in [0.15, 0.2) is 47.2 Å². The average Bonchev–Trinajstić information content (AvgIpc) is 3.20. The number of halogens is 2. The van der Waals surface area contributed by atoms with E-state index in [1.165, 1.54) is 35.9 Å². The fraction of sp³-hybridized carbons (Fsp3) is 0.158. The number of fused-ring (bicyclic) bond motifs is 1. The molecule has 0 bridgehead atoms. The van der Waals surface area contributed by atoms with Crippen molar-refractivity contribution >= 4 is 26.7 Å². The SMILES string of the molecule is CC(C)Nc1nc2c(F)cc(-c3ocnc3-c3cccc(F)c3)cc2s1. The number of rotatable bonds is 4. The first kappa shape index (κ1) is 16.7. The van der Waals surface area contributed by atoms with Gasteiger partial charge in [0.15, 0.2) is 23.1 Å². The lowest BCUT2D eigenvalue weighted by atomic mass is 10.1. The Hall–Kier alpha value is -2.80. The van der Waals surface area contributed by atoms with Gasteiger partial charge < -0.3 is 9.73 Å². The van der Waals surface area contributed by atoms with E-state index in [1.807, 2.05) is 19.9 Å². The number of oxazole rings is 1. The van der Waals surface area contributed by atoms with Crippen molar-refractivity contribution in [2.45, 2.75) is 19.9 Å². The van der Waals surface area contributed by atoms with Gasteiger partial charge in [0.05, 0.1) is 4.70 Å². The molecule has 4 aromatic rings. The van der Waals surface area contributed by atoms with Gasteiger partial charge in [-0.1, -0.05) is 23.5 Å². The van der Waals surface area contributed by atoms with Crippen LogP contribution in [0.1, 0.15) is 13.8 Å². The summed E-state index contributed by atoms with van der Waals surface area (Å²) in [6, 6.07) is 9.43. The van der Waals surface area contributed by atoms with Gasteiger partial charge in [-0.05, 0) is 38.1 Å². The van der Waals surface area contributed by atoms with E-state index in [2.05, 4.69) is 15.3 Å². The quantitative estimate of drug-likeness (QED) is 0.499. The highest BCUT2D eigenvalue weighted by Gasteiger charge is 2.18. The standard InChI is InChI=1S/C19H15F2N3OS/c1-10(2)23-19-24-17-14(21)7-12(8-15(17)26-19)18-16(22-9-25-18)11-4-3-5-13(20)6-11/h3-10H,1-2H3,(H,23,24). The number of nitrogens with one attached hydrogen (secondary N) is 1. The number of benzene rings is 2. The molecular formula is C19H15F2N3OS. The molecule has 2 heterocycles. The van der Waals surface area contributed by atoms with Crippen LogP contribution in [0, 0.1) is 11.6 Å². The zero-order chi connectivity index (χ0) is 18.3. The molecule has 4 nitrogen and oxygen atoms in total. The van der Waals surface area contributed by atoms with Gasteiger partial charge in [0, 0.05) is 17.2 Å². The van der Waals surface area contributed by atoms with Gasteiger partial charge >= 0.3 is 0 Å². The smallest absolute Gasteiger partial charge is 0.184 e. The van der Waals surface area contributed by atoms with Crippen molar-refractivity contribution in [3.63, 3.8) is 0 Å². The number of thiazole rings is 1. The minimum absolute atomic E-state index is 0.201. The Bertz CT molecular complexity index is 1090. The van der Waals surface area contributed by atoms with Crippen molar-refractivity contribution in [3.05, 3.63) is 54.4 Å². The summed E-state index contributed by atoms with van der Waals surface area (Å²) in [5, 5.41) is 3.84. The highest BCUT2D eigenvalue weighted by Crippen LogP contribution is 2.36. The van der Waals surface area contributed by atoms with Crippen LogP contribution in [0.2, 0.25) is 0 Å². The summed E-state index contributed by atoms with van der Waals surface area (Å²) in [5.74, 6) is -0.416. The maximum Gasteiger partial charge on any atom is 0.184 e. The molecule has 0 saturated heterocycles. The van der Waals surface area contributed by atoms with E-state index in [4.69, 9.17) is 4.42 Å². The predicted octanol–water partition coefficient (Wildman–Crippen LogP) is 5.72. The number of hydrogen-bond donors (Lipinski definition) is 1. The second-order valence-corrected chi connectivity index (χ2v) is 7.19. The van der Waals surface area contributed by atoms with Crippen molar-refractivity contribution in [3.8, 4) is 22.6 Å². The van der Waals surface area contributed by atoms with Crippen molar-refractivity contribution in [1.29, 1.82) is 0 Å². The molecule has 2 aromatic carbocycles. The largest absolute Gasteiger partial charge is 0.443 e. The van der Waals surface area contributed by atoms with Crippen molar-refractivity contribution < 1.29 is 13.2 Å². The fourth-order valence-corrected chi connectivity index (χ4v) is 3.79. The summed E-state index contributed by atoms with van der Waals surface area (Å²) >= 11 is 1.37. The van der Waals surface area contributed by atoms with Crippen molar-refractivity contribution in [1.82, 2.24) is 9.97 Å². The van der Waals surface area contributed by atoms with Crippen LogP contribution in [0.5, 0.6) is 0 Å². The van der Waals surface area contributed by atoms with E-state index in [9.17, 15) is 8.78 Å². The Morgan fingerprint density at radius 1 is 1.12 bits per heavy atom. The minimum atomic E-state index is -0.438. The molecule has 0 atom stereocenters. The average molecular weight is 371 g/mol. The van der Waals surface area contributed by atoms with Crippen LogP contribution in [0.3, 0.4) is 0 Å². The van der Waals surface area contributed by atoms with Crippen LogP contribution in [-0.2, 0) is 0 Å². The fourth-order valence-electron chi connectivity index (χ4n) is 2.72. The van der Waals surface area contributed by atoms with Crippen LogP contribution in [0.25, 0.3) is 32.8 Å². The molecule has 0 unspecified atom stereocenters. The first-order valence-electron chi connectivity index (χ1n) is 8.07. The Morgan fingerprint density at radius 3 is 2.73 bits per heavy atom. The topological polar surface area (TPSA) is 51.0 Å². The molecular weight excluding hydrogens is 356 g/mol. The summed E-state index contributed by atoms with van der Waals surface area (Å²) in [5.41, 5.74) is 1.88. The minimum Gasteiger partial charge on any atom is -0.443 e. The van der Waals surface area contributed by atoms with E-state index < -0.39 is 5.82 Å². The van der Waals surface area contributed by atoms with Crippen LogP contribution in [-0.4, -0.2) is 16.0 Å². The van der Waals surface area contributed by atoms with Gasteiger partial charge in [-0.3, -0.25) is 0 Å². The number of nitrogens with zero attached hydrogens (tertiary/aromatic N) is 2. The van der Waals surface area contributed by atoms with E-state index in [1.54, 1.807) is 12.1 Å². The van der Waals surface area contributed by atoms with Crippen molar-refractivity contribution in [2.75, 3.05) is 5.32 Å². The molecule has 132 valence electrons. The lowest BCUT2D eigenvalue weighted by Gasteiger charge is -2.03. The molecule has 0 radical (unpaired) electrons. The first-order chi connectivity index (χ1) is 12.5. The lowest BCUT2D eigenvalue weighted by Crippen LogP contribution is -2.08. The van der Waals surface area contributed by atoms with E-state index >= 15 is 0 Å². The summed E-state index contributed by atoms with van der Waals surface area (Å²) in [6.45, 7) is 3.99. The third-order valence-electron chi connectivity index (χ3n) is 3.79. The van der Waals surface area contributed by atoms with Gasteiger partial charge in [-0.15, -0.1) is 0 Å². The molecule has 7 heteroatoms. The Balaban J connectivity index is 1.82. The third kappa shape index (κ3) is 3.06. The molecule has 2 aromatic heterocycles. The first-order valence-corrected chi connectivity index (χ1v) is 8.89. The highest BCUT2D eigenvalue weighted by atomic mass is 32.1. The van der Waals surface area contributed by atoms with E-state index in [0.717, 1.165) is 0 Å². The van der Waals surface area contributed by atoms with Gasteiger partial charge in [-0.25, -0.2) is 18.7 Å². The van der Waals surface area contributed by atoms with Gasteiger partial charge in [0.1, 0.15) is 17.0 Å². The molecule has 0 saturated carbocycles. The van der Waals surface area contributed by atoms with Gasteiger partial charge in [0.25, 0.3) is 0 Å². The zero-order valence-corrected chi connectivity index (χ0v) is 14.9.